The van der Waals surface area contributed by atoms with Crippen molar-refractivity contribution in [2.24, 2.45) is 5.73 Å². The van der Waals surface area contributed by atoms with Gasteiger partial charge in [0.15, 0.2) is 0 Å². The molecule has 0 amide bonds. The van der Waals surface area contributed by atoms with E-state index in [0.717, 1.165) is 12.8 Å². The van der Waals surface area contributed by atoms with E-state index in [4.69, 9.17) is 5.73 Å². The van der Waals surface area contributed by atoms with Crippen LogP contribution in [0.4, 0.5) is 0 Å². The number of hydrogen-bond acceptors (Lipinski definition) is 1. The van der Waals surface area contributed by atoms with Crippen molar-refractivity contribution in [1.29, 1.82) is 0 Å². The molecule has 0 bridgehead atoms. The fourth-order valence-corrected chi connectivity index (χ4v) is 2.86. The number of nitrogens with two attached hydrogens (primary N) is 1. The molecule has 0 radical (unpaired) electrons. The fourth-order valence-electron chi connectivity index (χ4n) is 2.86. The molecule has 1 aromatic carbocycles. The Morgan fingerprint density at radius 3 is 1.91 bits per heavy atom. The maximum absolute atomic E-state index is 6.22. The third-order valence-electron chi connectivity index (χ3n) is 4.33. The molecule has 0 aromatic heterocycles. The molecule has 4 N–H and O–H groups in total. The van der Waals surface area contributed by atoms with Gasteiger partial charge in [-0.25, -0.2) is 0 Å². The van der Waals surface area contributed by atoms with Crippen molar-refractivity contribution in [3.05, 3.63) is 35.9 Å². The van der Waals surface area contributed by atoms with Gasteiger partial charge in [-0.15, -0.1) is 0 Å². The van der Waals surface area contributed by atoms with Crippen LogP contribution in [0.1, 0.15) is 83.1 Å². The Labute approximate surface area is 137 Å². The molecule has 2 heteroatoms. The van der Waals surface area contributed by atoms with E-state index in [0.29, 0.717) is 6.04 Å². The van der Waals surface area contributed by atoms with Gasteiger partial charge in [-0.3, -0.25) is 0 Å². The smallest absolute Gasteiger partial charge is 0.00419 e. The summed E-state index contributed by atoms with van der Waals surface area (Å²) in [5.41, 5.74) is 7.63. The van der Waals surface area contributed by atoms with E-state index in [1.54, 1.807) is 0 Å². The largest absolute Gasteiger partial charge is 0.412 e. The average Bonchev–Trinajstić information content (AvgIpc) is 2.52. The molecule has 0 spiro atoms. The van der Waals surface area contributed by atoms with E-state index >= 15 is 0 Å². The highest BCUT2D eigenvalue weighted by molar-refractivity contribution is 5.14. The maximum Gasteiger partial charge on any atom is 0.00419 e. The summed E-state index contributed by atoms with van der Waals surface area (Å²) in [6, 6.07) is 11.1. The van der Waals surface area contributed by atoms with Crippen molar-refractivity contribution in [3.8, 4) is 0 Å². The van der Waals surface area contributed by atoms with E-state index < -0.39 is 0 Å². The van der Waals surface area contributed by atoms with Crippen molar-refractivity contribution < 1.29 is 5.48 Å². The lowest BCUT2D eigenvalue weighted by Crippen LogP contribution is -2.20. The predicted molar refractivity (Wildman–Crippen MR) is 98.2 cm³/mol. The van der Waals surface area contributed by atoms with Gasteiger partial charge in [-0.05, 0) is 24.8 Å². The molecule has 2 nitrogen and oxygen atoms in total. The summed E-state index contributed by atoms with van der Waals surface area (Å²) in [6.07, 6.45) is 16.0. The zero-order valence-corrected chi connectivity index (χ0v) is 14.5. The van der Waals surface area contributed by atoms with Crippen LogP contribution in [0.5, 0.6) is 0 Å². The van der Waals surface area contributed by atoms with E-state index in [-0.39, 0.29) is 5.48 Å². The lowest BCUT2D eigenvalue weighted by atomic mass is 10.00. The molecular weight excluding hydrogens is 270 g/mol. The average molecular weight is 308 g/mol. The monoisotopic (exact) mass is 307 g/mol. The zero-order valence-electron chi connectivity index (χ0n) is 14.5. The topological polar surface area (TPSA) is 57.5 Å². The van der Waals surface area contributed by atoms with Gasteiger partial charge in [0, 0.05) is 6.04 Å². The van der Waals surface area contributed by atoms with Crippen molar-refractivity contribution in [2.45, 2.75) is 90.0 Å². The van der Waals surface area contributed by atoms with Crippen LogP contribution >= 0.6 is 0 Å². The normalized spacial score (nSPS) is 11.9. The SMILES string of the molecule is CCCCCCCCCCCC(N)CCc1ccccc1.O. The van der Waals surface area contributed by atoms with Crippen LogP contribution in [0.25, 0.3) is 0 Å². The summed E-state index contributed by atoms with van der Waals surface area (Å²) < 4.78 is 0. The van der Waals surface area contributed by atoms with Crippen LogP contribution in [0, 0.1) is 0 Å². The van der Waals surface area contributed by atoms with Gasteiger partial charge < -0.3 is 11.2 Å². The molecule has 0 aliphatic carbocycles. The van der Waals surface area contributed by atoms with Gasteiger partial charge in [0.2, 0.25) is 0 Å². The molecular formula is C20H37NO. The minimum absolute atomic E-state index is 0. The Bertz CT molecular complexity index is 326. The molecule has 0 fully saturated rings. The fraction of sp³-hybridized carbons (Fsp3) is 0.700. The summed E-state index contributed by atoms with van der Waals surface area (Å²) in [7, 11) is 0. The third-order valence-corrected chi connectivity index (χ3v) is 4.33. The Morgan fingerprint density at radius 1 is 0.773 bits per heavy atom. The predicted octanol–water partition coefficient (Wildman–Crippen LogP) is 5.04. The Hall–Kier alpha value is -0.860. The van der Waals surface area contributed by atoms with Crippen LogP contribution in [0.3, 0.4) is 0 Å². The second kappa shape index (κ2) is 15.1. The summed E-state index contributed by atoms with van der Waals surface area (Å²) in [5.74, 6) is 0. The van der Waals surface area contributed by atoms with Crippen LogP contribution in [-0.4, -0.2) is 11.5 Å². The lowest BCUT2D eigenvalue weighted by molar-refractivity contribution is 0.506. The summed E-state index contributed by atoms with van der Waals surface area (Å²) >= 11 is 0. The molecule has 0 aliphatic rings. The van der Waals surface area contributed by atoms with Crippen molar-refractivity contribution >= 4 is 0 Å². The zero-order chi connectivity index (χ0) is 15.2. The molecule has 22 heavy (non-hydrogen) atoms. The number of aryl methyl sites for hydroxylation is 1. The minimum Gasteiger partial charge on any atom is -0.412 e. The van der Waals surface area contributed by atoms with Crippen molar-refractivity contribution in [1.82, 2.24) is 0 Å². The van der Waals surface area contributed by atoms with Gasteiger partial charge in [0.05, 0.1) is 0 Å². The number of hydrogen-bond donors (Lipinski definition) is 1. The number of benzene rings is 1. The molecule has 1 rings (SSSR count). The Balaban J connectivity index is 0.00000441. The highest BCUT2D eigenvalue weighted by atomic mass is 16.0. The van der Waals surface area contributed by atoms with E-state index in [9.17, 15) is 0 Å². The maximum atomic E-state index is 6.22. The molecule has 0 aliphatic heterocycles. The standard InChI is InChI=1S/C20H35N.H2O/c1-2-3-4-5-6-7-8-9-13-16-20(21)18-17-19-14-11-10-12-15-19;/h10-12,14-15,20H,2-9,13,16-18,21H2,1H3;1H2. The first-order chi connectivity index (χ1) is 10.3. The van der Waals surface area contributed by atoms with Gasteiger partial charge in [-0.1, -0.05) is 95.0 Å². The van der Waals surface area contributed by atoms with Crippen LogP contribution in [0.2, 0.25) is 0 Å². The second-order valence-electron chi connectivity index (χ2n) is 6.40. The van der Waals surface area contributed by atoms with E-state index in [1.807, 2.05) is 0 Å². The quantitative estimate of drug-likeness (QED) is 0.510. The third kappa shape index (κ3) is 11.8. The lowest BCUT2D eigenvalue weighted by Gasteiger charge is -2.11. The highest BCUT2D eigenvalue weighted by Gasteiger charge is 2.03. The van der Waals surface area contributed by atoms with Crippen molar-refractivity contribution in [3.63, 3.8) is 0 Å². The number of unbranched alkanes of at least 4 members (excludes halogenated alkanes) is 8. The van der Waals surface area contributed by atoms with Gasteiger partial charge in [0.1, 0.15) is 0 Å². The molecule has 0 heterocycles. The van der Waals surface area contributed by atoms with Crippen LogP contribution < -0.4 is 5.73 Å². The Kier molecular flexibility index (Phi) is 14.5. The first-order valence-electron chi connectivity index (χ1n) is 9.12. The second-order valence-corrected chi connectivity index (χ2v) is 6.40. The van der Waals surface area contributed by atoms with E-state index in [1.165, 1.54) is 69.8 Å². The summed E-state index contributed by atoms with van der Waals surface area (Å²) in [4.78, 5) is 0. The van der Waals surface area contributed by atoms with Gasteiger partial charge >= 0.3 is 0 Å². The summed E-state index contributed by atoms with van der Waals surface area (Å²) in [5, 5.41) is 0. The van der Waals surface area contributed by atoms with Gasteiger partial charge in [-0.2, -0.15) is 0 Å². The molecule has 0 saturated carbocycles. The Morgan fingerprint density at radius 2 is 1.32 bits per heavy atom. The molecule has 0 saturated heterocycles. The van der Waals surface area contributed by atoms with Gasteiger partial charge in [0.25, 0.3) is 0 Å². The number of rotatable bonds is 13. The summed E-state index contributed by atoms with van der Waals surface area (Å²) in [6.45, 7) is 2.28. The molecule has 128 valence electrons. The first kappa shape index (κ1) is 21.1. The highest BCUT2D eigenvalue weighted by Crippen LogP contribution is 2.12. The minimum atomic E-state index is 0. The van der Waals surface area contributed by atoms with E-state index in [2.05, 4.69) is 37.3 Å². The molecule has 1 atom stereocenters. The van der Waals surface area contributed by atoms with Crippen LogP contribution in [-0.2, 0) is 6.42 Å². The molecule has 1 unspecified atom stereocenters. The van der Waals surface area contributed by atoms with Crippen LogP contribution in [0.15, 0.2) is 30.3 Å². The van der Waals surface area contributed by atoms with Crippen molar-refractivity contribution in [2.75, 3.05) is 0 Å². The molecule has 1 aromatic rings. The first-order valence-corrected chi connectivity index (χ1v) is 9.12.